The second-order valence-corrected chi connectivity index (χ2v) is 7.07. The predicted octanol–water partition coefficient (Wildman–Crippen LogP) is 0.885. The van der Waals surface area contributed by atoms with Crippen molar-refractivity contribution in [1.29, 1.82) is 0 Å². The zero-order valence-corrected chi connectivity index (χ0v) is 13.2. The van der Waals surface area contributed by atoms with E-state index >= 15 is 0 Å². The van der Waals surface area contributed by atoms with Gasteiger partial charge in [-0.3, -0.25) is 9.48 Å². The molecular formula is C16H24N4O2. The molecule has 6 heteroatoms. The van der Waals surface area contributed by atoms with Crippen LogP contribution in [-0.4, -0.2) is 60.0 Å². The van der Waals surface area contributed by atoms with Crippen molar-refractivity contribution in [3.63, 3.8) is 0 Å². The van der Waals surface area contributed by atoms with Crippen LogP contribution >= 0.6 is 0 Å². The highest BCUT2D eigenvalue weighted by molar-refractivity contribution is 6.00. The van der Waals surface area contributed by atoms with Crippen molar-refractivity contribution in [2.45, 2.75) is 19.3 Å². The number of ether oxygens (including phenoxy) is 1. The van der Waals surface area contributed by atoms with Crippen molar-refractivity contribution in [1.82, 2.24) is 14.7 Å². The van der Waals surface area contributed by atoms with Crippen molar-refractivity contribution in [3.05, 3.63) is 12.4 Å². The SMILES string of the molecule is Cn1cc(N2CCC3(CCN(CC4CCOC4)C3)C2=O)cn1. The van der Waals surface area contributed by atoms with Gasteiger partial charge in [-0.2, -0.15) is 5.10 Å². The number of aryl methyl sites for hydroxylation is 1. The highest BCUT2D eigenvalue weighted by Crippen LogP contribution is 2.42. The Morgan fingerprint density at radius 3 is 3.00 bits per heavy atom. The lowest BCUT2D eigenvalue weighted by Crippen LogP contribution is -2.37. The van der Waals surface area contributed by atoms with Crippen LogP contribution in [0, 0.1) is 11.3 Å². The smallest absolute Gasteiger partial charge is 0.234 e. The third-order valence-electron chi connectivity index (χ3n) is 5.49. The van der Waals surface area contributed by atoms with Crippen LogP contribution in [0.4, 0.5) is 5.69 Å². The van der Waals surface area contributed by atoms with Gasteiger partial charge in [-0.05, 0) is 31.7 Å². The van der Waals surface area contributed by atoms with Crippen LogP contribution in [0.15, 0.2) is 12.4 Å². The zero-order valence-electron chi connectivity index (χ0n) is 13.2. The molecule has 120 valence electrons. The standard InChI is InChI=1S/C16H24N4O2/c1-18-10-14(8-17-18)20-6-4-16(15(20)21)3-5-19(12-16)9-13-2-7-22-11-13/h8,10,13H,2-7,9,11-12H2,1H3. The van der Waals surface area contributed by atoms with E-state index in [1.807, 2.05) is 18.1 Å². The molecule has 3 aliphatic heterocycles. The third kappa shape index (κ3) is 2.34. The van der Waals surface area contributed by atoms with Gasteiger partial charge in [-0.1, -0.05) is 0 Å². The van der Waals surface area contributed by atoms with Crippen molar-refractivity contribution in [3.8, 4) is 0 Å². The summed E-state index contributed by atoms with van der Waals surface area (Å²) in [6.07, 6.45) is 6.85. The van der Waals surface area contributed by atoms with Crippen LogP contribution < -0.4 is 4.90 Å². The van der Waals surface area contributed by atoms with Gasteiger partial charge in [-0.25, -0.2) is 0 Å². The number of aromatic nitrogens is 2. The second-order valence-electron chi connectivity index (χ2n) is 7.07. The maximum absolute atomic E-state index is 13.0. The van der Waals surface area contributed by atoms with Crippen molar-refractivity contribution < 1.29 is 9.53 Å². The Morgan fingerprint density at radius 2 is 2.27 bits per heavy atom. The van der Waals surface area contributed by atoms with E-state index in [9.17, 15) is 4.79 Å². The normalized spacial score (nSPS) is 32.7. The molecular weight excluding hydrogens is 280 g/mol. The number of likely N-dealkylation sites (tertiary alicyclic amines) is 1. The number of hydrogen-bond donors (Lipinski definition) is 0. The van der Waals surface area contributed by atoms with E-state index in [1.54, 1.807) is 10.9 Å². The molecule has 2 unspecified atom stereocenters. The first-order valence-corrected chi connectivity index (χ1v) is 8.27. The minimum Gasteiger partial charge on any atom is -0.381 e. The molecule has 0 bridgehead atoms. The summed E-state index contributed by atoms with van der Waals surface area (Å²) in [7, 11) is 1.89. The summed E-state index contributed by atoms with van der Waals surface area (Å²) < 4.78 is 7.23. The van der Waals surface area contributed by atoms with Crippen molar-refractivity contribution in [2.24, 2.45) is 18.4 Å². The molecule has 2 atom stereocenters. The second kappa shape index (κ2) is 5.35. The first kappa shape index (κ1) is 14.2. The number of carbonyl (C=O) groups is 1. The van der Waals surface area contributed by atoms with Gasteiger partial charge in [0.15, 0.2) is 0 Å². The summed E-state index contributed by atoms with van der Waals surface area (Å²) in [6.45, 7) is 5.66. The van der Waals surface area contributed by atoms with Gasteiger partial charge in [0.25, 0.3) is 0 Å². The molecule has 1 aromatic heterocycles. The molecule has 0 N–H and O–H groups in total. The van der Waals surface area contributed by atoms with Crippen LogP contribution in [0.5, 0.6) is 0 Å². The van der Waals surface area contributed by atoms with Crippen molar-refractivity contribution >= 4 is 11.6 Å². The molecule has 22 heavy (non-hydrogen) atoms. The summed E-state index contributed by atoms with van der Waals surface area (Å²) in [5, 5.41) is 4.19. The van der Waals surface area contributed by atoms with Crippen LogP contribution in [0.3, 0.4) is 0 Å². The topological polar surface area (TPSA) is 50.6 Å². The minimum atomic E-state index is -0.157. The molecule has 1 amide bonds. The fraction of sp³-hybridized carbons (Fsp3) is 0.750. The fourth-order valence-electron chi connectivity index (χ4n) is 4.20. The summed E-state index contributed by atoms with van der Waals surface area (Å²) in [5.74, 6) is 0.951. The van der Waals surface area contributed by atoms with Gasteiger partial charge >= 0.3 is 0 Å². The molecule has 0 aliphatic carbocycles. The highest BCUT2D eigenvalue weighted by atomic mass is 16.5. The molecule has 3 saturated heterocycles. The Bertz CT molecular complexity index is 566. The third-order valence-corrected chi connectivity index (χ3v) is 5.49. The summed E-state index contributed by atoms with van der Waals surface area (Å²) in [4.78, 5) is 17.4. The summed E-state index contributed by atoms with van der Waals surface area (Å²) in [5.41, 5.74) is 0.780. The lowest BCUT2D eigenvalue weighted by atomic mass is 9.85. The summed E-state index contributed by atoms with van der Waals surface area (Å²) >= 11 is 0. The van der Waals surface area contributed by atoms with E-state index in [2.05, 4.69) is 10.00 Å². The average molecular weight is 304 g/mol. The molecule has 3 fully saturated rings. The van der Waals surface area contributed by atoms with Gasteiger partial charge in [0.2, 0.25) is 5.91 Å². The number of rotatable bonds is 3. The highest BCUT2D eigenvalue weighted by Gasteiger charge is 2.51. The van der Waals surface area contributed by atoms with E-state index in [1.165, 1.54) is 6.42 Å². The van der Waals surface area contributed by atoms with Gasteiger partial charge in [0, 0.05) is 39.5 Å². The van der Waals surface area contributed by atoms with Crippen LogP contribution in [0.2, 0.25) is 0 Å². The number of amides is 1. The monoisotopic (exact) mass is 304 g/mol. The molecule has 1 aromatic rings. The molecule has 4 rings (SSSR count). The molecule has 6 nitrogen and oxygen atoms in total. The first-order chi connectivity index (χ1) is 10.7. The molecule has 0 radical (unpaired) electrons. The van der Waals surface area contributed by atoms with E-state index in [0.717, 1.165) is 57.9 Å². The van der Waals surface area contributed by atoms with Gasteiger partial charge in [0.05, 0.1) is 23.9 Å². The number of nitrogens with zero attached hydrogens (tertiary/aromatic N) is 4. The Kier molecular flexibility index (Phi) is 3.46. The minimum absolute atomic E-state index is 0.157. The van der Waals surface area contributed by atoms with Gasteiger partial charge in [-0.15, -0.1) is 0 Å². The number of anilines is 1. The molecule has 0 aromatic carbocycles. The van der Waals surface area contributed by atoms with E-state index in [0.29, 0.717) is 11.8 Å². The Morgan fingerprint density at radius 1 is 1.41 bits per heavy atom. The number of hydrogen-bond acceptors (Lipinski definition) is 4. The predicted molar refractivity (Wildman–Crippen MR) is 82.6 cm³/mol. The van der Waals surface area contributed by atoms with E-state index < -0.39 is 0 Å². The quantitative estimate of drug-likeness (QED) is 0.832. The Balaban J connectivity index is 1.43. The van der Waals surface area contributed by atoms with Gasteiger partial charge < -0.3 is 14.5 Å². The van der Waals surface area contributed by atoms with Crippen molar-refractivity contribution in [2.75, 3.05) is 44.3 Å². The Labute approximate surface area is 131 Å². The maximum Gasteiger partial charge on any atom is 0.234 e. The zero-order chi connectivity index (χ0) is 15.2. The largest absolute Gasteiger partial charge is 0.381 e. The summed E-state index contributed by atoms with van der Waals surface area (Å²) in [6, 6.07) is 0. The fourth-order valence-corrected chi connectivity index (χ4v) is 4.20. The lowest BCUT2D eigenvalue weighted by Gasteiger charge is -2.24. The van der Waals surface area contributed by atoms with Gasteiger partial charge in [0.1, 0.15) is 0 Å². The average Bonchev–Trinajstić information content (AvgIpc) is 3.25. The van der Waals surface area contributed by atoms with Crippen LogP contribution in [0.1, 0.15) is 19.3 Å². The molecule has 1 spiro atoms. The molecule has 0 saturated carbocycles. The van der Waals surface area contributed by atoms with Crippen LogP contribution in [0.25, 0.3) is 0 Å². The molecule has 4 heterocycles. The maximum atomic E-state index is 13.0. The lowest BCUT2D eigenvalue weighted by molar-refractivity contribution is -0.125. The van der Waals surface area contributed by atoms with E-state index in [-0.39, 0.29) is 5.41 Å². The Hall–Kier alpha value is -1.40. The first-order valence-electron chi connectivity index (χ1n) is 8.27. The van der Waals surface area contributed by atoms with E-state index in [4.69, 9.17) is 4.74 Å². The van der Waals surface area contributed by atoms with Crippen LogP contribution in [-0.2, 0) is 16.6 Å². The number of carbonyl (C=O) groups excluding carboxylic acids is 1. The molecule has 3 aliphatic rings.